The van der Waals surface area contributed by atoms with Crippen molar-refractivity contribution in [3.05, 3.63) is 47.7 Å². The normalized spacial score (nSPS) is 15.3. The fourth-order valence-electron chi connectivity index (χ4n) is 3.22. The van der Waals surface area contributed by atoms with Gasteiger partial charge in [-0.1, -0.05) is 43.2 Å². The molecule has 1 aromatic heterocycles. The fraction of sp³-hybridized carbons (Fsp3) is 0.368. The summed E-state index contributed by atoms with van der Waals surface area (Å²) in [5.41, 5.74) is 2.85. The number of aromatic nitrogens is 1. The van der Waals surface area contributed by atoms with Crippen LogP contribution in [-0.2, 0) is 0 Å². The first kappa shape index (κ1) is 15.5. The Morgan fingerprint density at radius 3 is 2.35 bits per heavy atom. The summed E-state index contributed by atoms with van der Waals surface area (Å²) < 4.78 is 0. The second-order valence-electron chi connectivity index (χ2n) is 6.08. The van der Waals surface area contributed by atoms with Crippen LogP contribution in [0.1, 0.15) is 41.7 Å². The van der Waals surface area contributed by atoms with Crippen LogP contribution >= 0.6 is 0 Å². The number of rotatable bonds is 3. The summed E-state index contributed by atoms with van der Waals surface area (Å²) in [6.45, 7) is 3.69. The average Bonchev–Trinajstić information content (AvgIpc) is 2.83. The molecular formula is C19H22N2O2. The SMILES string of the molecule is Cc1cc(-c2ccccc2)c(C(=O)O)c(N2CCCCCC2)n1. The predicted molar refractivity (Wildman–Crippen MR) is 92.1 cm³/mol. The summed E-state index contributed by atoms with van der Waals surface area (Å²) >= 11 is 0. The van der Waals surface area contributed by atoms with Gasteiger partial charge in [0, 0.05) is 24.3 Å². The Kier molecular flexibility index (Phi) is 4.60. The van der Waals surface area contributed by atoms with Crippen molar-refractivity contribution < 1.29 is 9.90 Å². The lowest BCUT2D eigenvalue weighted by Crippen LogP contribution is -2.27. The molecule has 2 heterocycles. The second kappa shape index (κ2) is 6.82. The van der Waals surface area contributed by atoms with Gasteiger partial charge in [-0.05, 0) is 31.4 Å². The highest BCUT2D eigenvalue weighted by Crippen LogP contribution is 2.32. The maximum Gasteiger partial charge on any atom is 0.340 e. The molecule has 1 aromatic carbocycles. The van der Waals surface area contributed by atoms with Crippen molar-refractivity contribution in [2.75, 3.05) is 18.0 Å². The Morgan fingerprint density at radius 2 is 1.74 bits per heavy atom. The Morgan fingerprint density at radius 1 is 1.09 bits per heavy atom. The molecule has 3 rings (SSSR count). The van der Waals surface area contributed by atoms with Crippen molar-refractivity contribution in [2.24, 2.45) is 0 Å². The van der Waals surface area contributed by atoms with E-state index < -0.39 is 5.97 Å². The van der Waals surface area contributed by atoms with Gasteiger partial charge in [0.25, 0.3) is 0 Å². The van der Waals surface area contributed by atoms with Gasteiger partial charge >= 0.3 is 5.97 Å². The van der Waals surface area contributed by atoms with Crippen LogP contribution < -0.4 is 4.90 Å². The number of hydrogen-bond acceptors (Lipinski definition) is 3. The van der Waals surface area contributed by atoms with Gasteiger partial charge in [0.15, 0.2) is 0 Å². The fourth-order valence-corrected chi connectivity index (χ4v) is 3.22. The van der Waals surface area contributed by atoms with Gasteiger partial charge in [-0.3, -0.25) is 0 Å². The van der Waals surface area contributed by atoms with Crippen molar-refractivity contribution in [2.45, 2.75) is 32.6 Å². The molecule has 1 saturated heterocycles. The van der Waals surface area contributed by atoms with Crippen LogP contribution in [0.2, 0.25) is 0 Å². The molecule has 0 spiro atoms. The number of nitrogens with zero attached hydrogens (tertiary/aromatic N) is 2. The third-order valence-corrected chi connectivity index (χ3v) is 4.33. The zero-order chi connectivity index (χ0) is 16.2. The Balaban J connectivity index is 2.15. The molecule has 1 fully saturated rings. The van der Waals surface area contributed by atoms with Crippen LogP contribution in [-0.4, -0.2) is 29.1 Å². The minimum atomic E-state index is -0.907. The van der Waals surface area contributed by atoms with E-state index in [9.17, 15) is 9.90 Å². The molecule has 0 unspecified atom stereocenters. The van der Waals surface area contributed by atoms with Crippen LogP contribution in [0.4, 0.5) is 5.82 Å². The number of pyridine rings is 1. The van der Waals surface area contributed by atoms with Gasteiger partial charge in [-0.25, -0.2) is 9.78 Å². The lowest BCUT2D eigenvalue weighted by Gasteiger charge is -2.25. The molecule has 1 aliphatic rings. The van der Waals surface area contributed by atoms with Crippen LogP contribution in [0.3, 0.4) is 0 Å². The minimum Gasteiger partial charge on any atom is -0.478 e. The minimum absolute atomic E-state index is 0.323. The van der Waals surface area contributed by atoms with E-state index in [4.69, 9.17) is 0 Å². The first-order valence-electron chi connectivity index (χ1n) is 8.22. The summed E-state index contributed by atoms with van der Waals surface area (Å²) in [4.78, 5) is 18.7. The average molecular weight is 310 g/mol. The first-order valence-corrected chi connectivity index (χ1v) is 8.22. The number of carboxylic acids is 1. The zero-order valence-electron chi connectivity index (χ0n) is 13.5. The Labute approximate surface area is 136 Å². The van der Waals surface area contributed by atoms with Crippen molar-refractivity contribution in [3.63, 3.8) is 0 Å². The molecule has 4 heteroatoms. The van der Waals surface area contributed by atoms with Gasteiger partial charge in [0.2, 0.25) is 0 Å². The Hall–Kier alpha value is -2.36. The van der Waals surface area contributed by atoms with Crippen LogP contribution in [0, 0.1) is 6.92 Å². The molecule has 4 nitrogen and oxygen atoms in total. The highest BCUT2D eigenvalue weighted by atomic mass is 16.4. The molecule has 0 amide bonds. The third kappa shape index (κ3) is 3.36. The van der Waals surface area contributed by atoms with Crippen molar-refractivity contribution in [1.82, 2.24) is 4.98 Å². The van der Waals surface area contributed by atoms with E-state index >= 15 is 0 Å². The maximum absolute atomic E-state index is 12.0. The van der Waals surface area contributed by atoms with Gasteiger partial charge in [-0.15, -0.1) is 0 Å². The van der Waals surface area contributed by atoms with Gasteiger partial charge in [-0.2, -0.15) is 0 Å². The largest absolute Gasteiger partial charge is 0.478 e. The third-order valence-electron chi connectivity index (χ3n) is 4.33. The molecular weight excluding hydrogens is 288 g/mol. The smallest absolute Gasteiger partial charge is 0.340 e. The summed E-state index contributed by atoms with van der Waals surface area (Å²) in [6.07, 6.45) is 4.59. The number of carbonyl (C=O) groups is 1. The van der Waals surface area contributed by atoms with Crippen LogP contribution in [0.5, 0.6) is 0 Å². The highest BCUT2D eigenvalue weighted by Gasteiger charge is 2.23. The molecule has 0 radical (unpaired) electrons. The summed E-state index contributed by atoms with van der Waals surface area (Å²) in [5, 5.41) is 9.83. The molecule has 0 aliphatic carbocycles. The molecule has 0 atom stereocenters. The zero-order valence-corrected chi connectivity index (χ0v) is 13.5. The first-order chi connectivity index (χ1) is 11.2. The molecule has 2 aromatic rings. The topological polar surface area (TPSA) is 53.4 Å². The van der Waals surface area contributed by atoms with Crippen LogP contribution in [0.15, 0.2) is 36.4 Å². The van der Waals surface area contributed by atoms with E-state index in [1.807, 2.05) is 43.3 Å². The number of benzene rings is 1. The lowest BCUT2D eigenvalue weighted by molar-refractivity contribution is 0.0698. The van der Waals surface area contributed by atoms with Crippen molar-refractivity contribution in [1.29, 1.82) is 0 Å². The highest BCUT2D eigenvalue weighted by molar-refractivity contribution is 6.01. The van der Waals surface area contributed by atoms with E-state index in [0.29, 0.717) is 11.4 Å². The number of carboxylic acid groups (broad SMARTS) is 1. The van der Waals surface area contributed by atoms with Gasteiger partial charge in [0.1, 0.15) is 11.4 Å². The van der Waals surface area contributed by atoms with E-state index in [-0.39, 0.29) is 0 Å². The quantitative estimate of drug-likeness (QED) is 0.926. The van der Waals surface area contributed by atoms with E-state index in [0.717, 1.165) is 42.8 Å². The summed E-state index contributed by atoms with van der Waals surface area (Å²) in [5.74, 6) is -0.283. The van der Waals surface area contributed by atoms with Crippen LogP contribution in [0.25, 0.3) is 11.1 Å². The number of aromatic carboxylic acids is 1. The predicted octanol–water partition coefficient (Wildman–Crippen LogP) is 4.14. The number of hydrogen-bond donors (Lipinski definition) is 1. The lowest BCUT2D eigenvalue weighted by atomic mass is 9.99. The van der Waals surface area contributed by atoms with E-state index in [2.05, 4.69) is 9.88 Å². The number of aryl methyl sites for hydroxylation is 1. The molecule has 120 valence electrons. The monoisotopic (exact) mass is 310 g/mol. The summed E-state index contributed by atoms with van der Waals surface area (Å²) in [6, 6.07) is 11.6. The molecule has 1 aliphatic heterocycles. The molecule has 23 heavy (non-hydrogen) atoms. The van der Waals surface area contributed by atoms with Crippen molar-refractivity contribution >= 4 is 11.8 Å². The second-order valence-corrected chi connectivity index (χ2v) is 6.08. The standard InChI is InChI=1S/C19H22N2O2/c1-14-13-16(15-9-5-4-6-10-15)17(19(22)23)18(20-14)21-11-7-2-3-8-12-21/h4-6,9-10,13H,2-3,7-8,11-12H2,1H3,(H,22,23). The molecule has 0 bridgehead atoms. The van der Waals surface area contributed by atoms with Gasteiger partial charge < -0.3 is 10.0 Å². The van der Waals surface area contributed by atoms with E-state index in [1.54, 1.807) is 0 Å². The van der Waals surface area contributed by atoms with Crippen molar-refractivity contribution in [3.8, 4) is 11.1 Å². The molecule has 1 N–H and O–H groups in total. The number of anilines is 1. The summed E-state index contributed by atoms with van der Waals surface area (Å²) in [7, 11) is 0. The van der Waals surface area contributed by atoms with Gasteiger partial charge in [0.05, 0.1) is 0 Å². The molecule has 0 saturated carbocycles. The maximum atomic E-state index is 12.0. The Bertz CT molecular complexity index is 690. The van der Waals surface area contributed by atoms with E-state index in [1.165, 1.54) is 12.8 Å².